The van der Waals surface area contributed by atoms with Gasteiger partial charge in [-0.2, -0.15) is 4.89 Å². The molecule has 1 aromatic rings. The van der Waals surface area contributed by atoms with Crippen LogP contribution in [0.4, 0.5) is 0 Å². The Balaban J connectivity index is 2.00. The first-order valence-corrected chi connectivity index (χ1v) is 11.0. The van der Waals surface area contributed by atoms with Crippen LogP contribution in [-0.4, -0.2) is 14.0 Å². The summed E-state index contributed by atoms with van der Waals surface area (Å²) in [5.74, 6) is -0.0990. The lowest BCUT2D eigenvalue weighted by Crippen LogP contribution is -2.43. The van der Waals surface area contributed by atoms with Gasteiger partial charge in [0.05, 0.1) is 5.56 Å². The van der Waals surface area contributed by atoms with E-state index in [2.05, 4.69) is 27.0 Å². The molecule has 0 aromatic heterocycles. The van der Waals surface area contributed by atoms with Crippen LogP contribution in [0.25, 0.3) is 0 Å². The lowest BCUT2D eigenvalue weighted by Gasteiger charge is -2.25. The van der Waals surface area contributed by atoms with Crippen molar-refractivity contribution in [1.29, 1.82) is 0 Å². The summed E-state index contributed by atoms with van der Waals surface area (Å²) >= 11 is 0. The maximum atomic E-state index is 12.2. The number of rotatable bonds is 7. The van der Waals surface area contributed by atoms with Gasteiger partial charge < -0.3 is 0 Å². The summed E-state index contributed by atoms with van der Waals surface area (Å²) in [6.07, 6.45) is 5.14. The van der Waals surface area contributed by atoms with E-state index in [-0.39, 0.29) is 0 Å². The number of carbonyl (C=O) groups excluding carboxylic acids is 1. The first-order valence-electron chi connectivity index (χ1n) is 8.68. The van der Waals surface area contributed by atoms with Gasteiger partial charge >= 0.3 is 5.97 Å². The van der Waals surface area contributed by atoms with Crippen LogP contribution >= 0.6 is 0 Å². The fraction of sp³-hybridized carbons (Fsp3) is 0.400. The van der Waals surface area contributed by atoms with Gasteiger partial charge in [0.15, 0.2) is 6.10 Å². The molecule has 4 heteroatoms. The number of benzene rings is 1. The quantitative estimate of drug-likeness (QED) is 0.411. The van der Waals surface area contributed by atoms with Crippen LogP contribution in [0.3, 0.4) is 0 Å². The van der Waals surface area contributed by atoms with Crippen molar-refractivity contribution in [2.45, 2.75) is 45.6 Å². The van der Waals surface area contributed by atoms with Crippen LogP contribution in [0, 0.1) is 12.0 Å². The molecule has 1 fully saturated rings. The summed E-state index contributed by atoms with van der Waals surface area (Å²) in [6, 6.07) is 8.54. The van der Waals surface area contributed by atoms with Gasteiger partial charge in [-0.3, -0.25) is 4.89 Å². The minimum Gasteiger partial charge on any atom is -0.292 e. The van der Waals surface area contributed by atoms with Gasteiger partial charge in [0.2, 0.25) is 0 Å². The molecule has 1 aliphatic rings. The van der Waals surface area contributed by atoms with Gasteiger partial charge in [0.25, 0.3) is 0 Å². The molecule has 2 rings (SSSR count). The summed E-state index contributed by atoms with van der Waals surface area (Å²) in [5, 5.41) is 1.20. The van der Waals surface area contributed by atoms with Crippen LogP contribution in [0.2, 0.25) is 6.04 Å². The van der Waals surface area contributed by atoms with Crippen molar-refractivity contribution in [2.24, 2.45) is 5.92 Å². The molecule has 3 nitrogen and oxygen atoms in total. The van der Waals surface area contributed by atoms with Crippen LogP contribution in [0.15, 0.2) is 48.8 Å². The van der Waals surface area contributed by atoms with Gasteiger partial charge in [0, 0.05) is 0 Å². The molecule has 0 N–H and O–H groups in total. The van der Waals surface area contributed by atoms with Gasteiger partial charge in [0.1, 0.15) is 8.07 Å². The lowest BCUT2D eigenvalue weighted by atomic mass is 9.88. The molecule has 1 unspecified atom stereocenters. The SMILES string of the molecule is C=C[Si](C=C)(CC)c1ccc(C(=O)OO[C]2CCCCC2C)cc1. The Morgan fingerprint density at radius 1 is 1.25 bits per heavy atom. The smallest absolute Gasteiger partial charge is 0.292 e. The maximum Gasteiger partial charge on any atom is 0.373 e. The highest BCUT2D eigenvalue weighted by molar-refractivity contribution is 6.99. The Morgan fingerprint density at radius 2 is 1.92 bits per heavy atom. The monoisotopic (exact) mass is 343 g/mol. The highest BCUT2D eigenvalue weighted by atomic mass is 28.3. The molecule has 1 aromatic carbocycles. The fourth-order valence-corrected chi connectivity index (χ4v) is 5.56. The molecule has 1 atom stereocenters. The molecule has 0 heterocycles. The van der Waals surface area contributed by atoms with Crippen molar-refractivity contribution >= 4 is 19.2 Å². The Labute approximate surface area is 146 Å². The zero-order valence-corrected chi connectivity index (χ0v) is 15.7. The van der Waals surface area contributed by atoms with E-state index in [1.807, 2.05) is 23.5 Å². The molecule has 0 bridgehead atoms. The first kappa shape index (κ1) is 18.7. The number of carbonyl (C=O) groups is 1. The summed E-state index contributed by atoms with van der Waals surface area (Å²) in [5.41, 5.74) is 4.55. The minimum atomic E-state index is -1.87. The van der Waals surface area contributed by atoms with Crippen molar-refractivity contribution in [3.8, 4) is 0 Å². The number of hydrogen-bond acceptors (Lipinski definition) is 3. The highest BCUT2D eigenvalue weighted by Crippen LogP contribution is 2.32. The Hall–Kier alpha value is -1.65. The van der Waals surface area contributed by atoms with Gasteiger partial charge in [-0.1, -0.05) is 55.4 Å². The van der Waals surface area contributed by atoms with E-state index in [4.69, 9.17) is 9.78 Å². The third kappa shape index (κ3) is 4.05. The van der Waals surface area contributed by atoms with Gasteiger partial charge in [-0.25, -0.2) is 4.79 Å². The molecule has 1 saturated carbocycles. The van der Waals surface area contributed by atoms with Crippen molar-refractivity contribution in [3.63, 3.8) is 0 Å². The molecule has 1 radical (unpaired) electrons. The summed E-state index contributed by atoms with van der Waals surface area (Å²) < 4.78 is 0. The normalized spacial score (nSPS) is 18.8. The van der Waals surface area contributed by atoms with Crippen molar-refractivity contribution in [1.82, 2.24) is 0 Å². The Kier molecular flexibility index (Phi) is 6.57. The van der Waals surface area contributed by atoms with Crippen molar-refractivity contribution in [2.75, 3.05) is 0 Å². The summed E-state index contributed by atoms with van der Waals surface area (Å²) in [7, 11) is -1.87. The molecule has 1 aliphatic carbocycles. The highest BCUT2D eigenvalue weighted by Gasteiger charge is 2.27. The van der Waals surface area contributed by atoms with E-state index in [1.165, 1.54) is 11.6 Å². The average Bonchev–Trinajstić information content (AvgIpc) is 2.63. The molecule has 0 spiro atoms. The summed E-state index contributed by atoms with van der Waals surface area (Å²) in [4.78, 5) is 22.5. The Morgan fingerprint density at radius 3 is 2.46 bits per heavy atom. The topological polar surface area (TPSA) is 35.5 Å². The second kappa shape index (κ2) is 8.45. The van der Waals surface area contributed by atoms with Crippen molar-refractivity contribution in [3.05, 3.63) is 60.5 Å². The zero-order chi connectivity index (χ0) is 17.6. The second-order valence-corrected chi connectivity index (χ2v) is 10.6. The molecule has 0 aliphatic heterocycles. The van der Waals surface area contributed by atoms with Crippen LogP contribution in [0.1, 0.15) is 49.9 Å². The van der Waals surface area contributed by atoms with E-state index in [0.29, 0.717) is 11.5 Å². The van der Waals surface area contributed by atoms with Gasteiger partial charge in [-0.05, 0) is 36.9 Å². The predicted octanol–water partition coefficient (Wildman–Crippen LogP) is 4.64. The molecular formula is C20H27O3Si. The van der Waals surface area contributed by atoms with E-state index < -0.39 is 14.0 Å². The standard InChI is InChI=1S/C20H27O3Si/c1-5-24(6-2,7-3)18-14-12-17(13-15-18)20(21)23-22-19-11-9-8-10-16(19)4/h5-6,12-16H,1-2,7-11H2,3-4H3. The minimum absolute atomic E-state index is 0.352. The lowest BCUT2D eigenvalue weighted by molar-refractivity contribution is -0.246. The Bertz CT molecular complexity index is 571. The van der Waals surface area contributed by atoms with Crippen molar-refractivity contribution < 1.29 is 14.6 Å². The molecular weight excluding hydrogens is 316 g/mol. The number of hydrogen-bond donors (Lipinski definition) is 0. The molecule has 0 amide bonds. The largest absolute Gasteiger partial charge is 0.373 e. The van der Waals surface area contributed by atoms with E-state index in [9.17, 15) is 4.79 Å². The van der Waals surface area contributed by atoms with Crippen LogP contribution in [-0.2, 0) is 9.78 Å². The second-order valence-electron chi connectivity index (χ2n) is 6.45. The van der Waals surface area contributed by atoms with E-state index >= 15 is 0 Å². The summed E-state index contributed by atoms with van der Waals surface area (Å²) in [6.45, 7) is 12.2. The molecule has 24 heavy (non-hydrogen) atoms. The molecule has 129 valence electrons. The van der Waals surface area contributed by atoms with Crippen LogP contribution < -0.4 is 5.19 Å². The molecule has 0 saturated heterocycles. The zero-order valence-electron chi connectivity index (χ0n) is 14.7. The maximum absolute atomic E-state index is 12.2. The third-order valence-electron chi connectivity index (χ3n) is 5.06. The third-order valence-corrected chi connectivity index (χ3v) is 9.09. The predicted molar refractivity (Wildman–Crippen MR) is 100 cm³/mol. The first-order chi connectivity index (χ1) is 11.6. The fourth-order valence-electron chi connectivity index (χ4n) is 3.15. The van der Waals surface area contributed by atoms with E-state index in [1.54, 1.807) is 12.1 Å². The van der Waals surface area contributed by atoms with E-state index in [0.717, 1.165) is 31.4 Å². The van der Waals surface area contributed by atoms with Crippen LogP contribution in [0.5, 0.6) is 0 Å². The van der Waals surface area contributed by atoms with Gasteiger partial charge in [-0.15, -0.1) is 13.2 Å². The average molecular weight is 344 g/mol.